The summed E-state index contributed by atoms with van der Waals surface area (Å²) in [6, 6.07) is 5.00. The number of nitrogens with one attached hydrogen (secondary N) is 2. The van der Waals surface area contributed by atoms with E-state index in [9.17, 15) is 9.00 Å². The number of hydrogen-bond donors (Lipinski definition) is 2. The van der Waals surface area contributed by atoms with Crippen LogP contribution in [0.2, 0.25) is 5.02 Å². The van der Waals surface area contributed by atoms with E-state index in [1.165, 1.54) is 0 Å². The third kappa shape index (κ3) is 3.79. The van der Waals surface area contributed by atoms with Crippen LogP contribution in [0.15, 0.2) is 27.5 Å². The highest BCUT2D eigenvalue weighted by molar-refractivity contribution is 9.10. The van der Waals surface area contributed by atoms with Crippen molar-refractivity contribution in [1.82, 2.24) is 9.71 Å². The van der Waals surface area contributed by atoms with Crippen molar-refractivity contribution in [1.29, 1.82) is 0 Å². The molecule has 1 heterocycles. The molecule has 0 aliphatic rings. The van der Waals surface area contributed by atoms with Gasteiger partial charge in [0.1, 0.15) is 0 Å². The molecule has 22 heavy (non-hydrogen) atoms. The first-order valence-electron chi connectivity index (χ1n) is 6.79. The quantitative estimate of drug-likeness (QED) is 0.809. The van der Waals surface area contributed by atoms with Gasteiger partial charge in [-0.3, -0.25) is 4.79 Å². The third-order valence-electron chi connectivity index (χ3n) is 3.22. The third-order valence-corrected chi connectivity index (χ3v) is 6.10. The first-order valence-corrected chi connectivity index (χ1v) is 9.11. The molecule has 0 saturated carbocycles. The average Bonchev–Trinajstić information content (AvgIpc) is 2.38. The fourth-order valence-electron chi connectivity index (χ4n) is 1.94. The molecule has 2 N–H and O–H groups in total. The van der Waals surface area contributed by atoms with E-state index in [0.29, 0.717) is 16.1 Å². The van der Waals surface area contributed by atoms with Crippen molar-refractivity contribution in [2.45, 2.75) is 38.5 Å². The van der Waals surface area contributed by atoms with E-state index in [1.54, 1.807) is 18.2 Å². The maximum Gasteiger partial charge on any atom is 0.253 e. The summed E-state index contributed by atoms with van der Waals surface area (Å²) < 4.78 is 15.5. The van der Waals surface area contributed by atoms with Crippen LogP contribution in [0.25, 0.3) is 10.9 Å². The molecule has 0 spiro atoms. The van der Waals surface area contributed by atoms with E-state index in [1.807, 2.05) is 27.7 Å². The fourth-order valence-corrected chi connectivity index (χ4v) is 3.26. The van der Waals surface area contributed by atoms with E-state index in [-0.39, 0.29) is 11.6 Å². The minimum Gasteiger partial charge on any atom is -0.322 e. The van der Waals surface area contributed by atoms with Crippen molar-refractivity contribution >= 4 is 49.4 Å². The lowest BCUT2D eigenvalue weighted by Gasteiger charge is -2.22. The zero-order valence-electron chi connectivity index (χ0n) is 12.8. The summed E-state index contributed by atoms with van der Waals surface area (Å²) in [6.07, 6.45) is 0. The molecule has 0 fully saturated rings. The lowest BCUT2D eigenvalue weighted by atomic mass is 10.1. The lowest BCUT2D eigenvalue weighted by Crippen LogP contribution is -2.36. The number of fused-ring (bicyclic) bond motifs is 1. The van der Waals surface area contributed by atoms with Crippen molar-refractivity contribution in [3.63, 3.8) is 0 Å². The zero-order chi connectivity index (χ0) is 16.7. The molecular weight excluding hydrogens is 388 g/mol. The Morgan fingerprint density at radius 2 is 1.95 bits per heavy atom. The van der Waals surface area contributed by atoms with Crippen molar-refractivity contribution in [3.8, 4) is 0 Å². The molecular formula is C15H18BrClN2O2S. The van der Waals surface area contributed by atoms with Gasteiger partial charge in [-0.15, -0.1) is 0 Å². The molecule has 2 rings (SSSR count). The maximum absolute atomic E-state index is 12.3. The summed E-state index contributed by atoms with van der Waals surface area (Å²) in [7, 11) is -1.25. The molecule has 0 aliphatic heterocycles. The van der Waals surface area contributed by atoms with Gasteiger partial charge < -0.3 is 4.98 Å². The minimum absolute atomic E-state index is 0.201. The predicted molar refractivity (Wildman–Crippen MR) is 96.7 cm³/mol. The Bertz CT molecular complexity index is 798. The van der Waals surface area contributed by atoms with E-state index in [0.717, 1.165) is 9.86 Å². The number of benzene rings is 1. The predicted octanol–water partition coefficient (Wildman–Crippen LogP) is 4.06. The van der Waals surface area contributed by atoms with E-state index in [4.69, 9.17) is 11.6 Å². The summed E-state index contributed by atoms with van der Waals surface area (Å²) in [5, 5.41) is 1.40. The largest absolute Gasteiger partial charge is 0.322 e. The smallest absolute Gasteiger partial charge is 0.253 e. The van der Waals surface area contributed by atoms with Crippen molar-refractivity contribution in [2.75, 3.05) is 0 Å². The number of H-pyrrole nitrogens is 1. The number of rotatable bonds is 3. The molecule has 2 atom stereocenters. The number of aromatic amines is 1. The second-order valence-electron chi connectivity index (χ2n) is 6.13. The second kappa shape index (κ2) is 6.43. The van der Waals surface area contributed by atoms with Crippen LogP contribution >= 0.6 is 27.5 Å². The number of aromatic nitrogens is 1. The summed E-state index contributed by atoms with van der Waals surface area (Å²) in [5.74, 6) is 0. The number of pyridine rings is 1. The zero-order valence-corrected chi connectivity index (χ0v) is 15.9. The van der Waals surface area contributed by atoms with E-state index in [2.05, 4.69) is 25.6 Å². The highest BCUT2D eigenvalue weighted by Gasteiger charge is 2.23. The Balaban J connectivity index is 2.43. The van der Waals surface area contributed by atoms with Crippen LogP contribution in [0.5, 0.6) is 0 Å². The van der Waals surface area contributed by atoms with Crippen LogP contribution in [-0.4, -0.2) is 13.9 Å². The van der Waals surface area contributed by atoms with Gasteiger partial charge >= 0.3 is 0 Å². The van der Waals surface area contributed by atoms with Crippen molar-refractivity contribution in [2.24, 2.45) is 0 Å². The second-order valence-corrected chi connectivity index (χ2v) is 9.39. The standard InChI is InChI=1S/C15H18BrClN2O2S/c1-8(19-22(21)15(2,3)4)10-5-9-6-12(17)11(16)7-13(9)18-14(10)20/h5-8,19H,1-4H3,(H,18,20)/t8-,22-/m0/s1. The van der Waals surface area contributed by atoms with Gasteiger partial charge in [0.15, 0.2) is 0 Å². The Labute approximate surface area is 145 Å². The summed E-state index contributed by atoms with van der Waals surface area (Å²) in [5.41, 5.74) is 1.03. The van der Waals surface area contributed by atoms with E-state index >= 15 is 0 Å². The lowest BCUT2D eigenvalue weighted by molar-refractivity contribution is 0.615. The van der Waals surface area contributed by atoms with Crippen LogP contribution in [0.3, 0.4) is 0 Å². The topological polar surface area (TPSA) is 62.0 Å². The molecule has 0 radical (unpaired) electrons. The molecule has 1 aromatic carbocycles. The van der Waals surface area contributed by atoms with Gasteiger partial charge in [-0.05, 0) is 61.8 Å². The Hall–Kier alpha value is -0.690. The Kier molecular flexibility index (Phi) is 5.16. The van der Waals surface area contributed by atoms with Crippen LogP contribution in [0.4, 0.5) is 0 Å². The SMILES string of the molecule is C[C@H](N[S@@](=O)C(C)(C)C)c1cc2cc(Cl)c(Br)cc2[nH]c1=O. The van der Waals surface area contributed by atoms with Crippen molar-refractivity contribution in [3.05, 3.63) is 43.6 Å². The van der Waals surface area contributed by atoms with Gasteiger partial charge in [0.25, 0.3) is 5.56 Å². The molecule has 2 aromatic rings. The molecule has 0 bridgehead atoms. The summed E-state index contributed by atoms with van der Waals surface area (Å²) in [4.78, 5) is 15.1. The highest BCUT2D eigenvalue weighted by atomic mass is 79.9. The van der Waals surface area contributed by atoms with Crippen molar-refractivity contribution < 1.29 is 4.21 Å². The van der Waals surface area contributed by atoms with Gasteiger partial charge in [0, 0.05) is 27.0 Å². The van der Waals surface area contributed by atoms with Crippen LogP contribution in [0.1, 0.15) is 39.3 Å². The molecule has 0 amide bonds. The summed E-state index contributed by atoms with van der Waals surface area (Å²) >= 11 is 9.44. The highest BCUT2D eigenvalue weighted by Crippen LogP contribution is 2.27. The molecule has 7 heteroatoms. The maximum atomic E-state index is 12.3. The fraction of sp³-hybridized carbons (Fsp3) is 0.400. The average molecular weight is 406 g/mol. The minimum atomic E-state index is -1.25. The first kappa shape index (κ1) is 17.7. The number of hydrogen-bond acceptors (Lipinski definition) is 2. The van der Waals surface area contributed by atoms with Gasteiger partial charge in [0.05, 0.1) is 20.8 Å². The monoisotopic (exact) mass is 404 g/mol. The normalized spacial score (nSPS) is 15.0. The molecule has 0 unspecified atom stereocenters. The Morgan fingerprint density at radius 1 is 1.32 bits per heavy atom. The van der Waals surface area contributed by atoms with Crippen LogP contribution in [-0.2, 0) is 11.0 Å². The molecule has 4 nitrogen and oxygen atoms in total. The van der Waals surface area contributed by atoms with Gasteiger partial charge in [-0.25, -0.2) is 8.93 Å². The molecule has 120 valence electrons. The van der Waals surface area contributed by atoms with Gasteiger partial charge in [0.2, 0.25) is 0 Å². The number of halogens is 2. The van der Waals surface area contributed by atoms with Gasteiger partial charge in [-0.2, -0.15) is 0 Å². The Morgan fingerprint density at radius 3 is 2.55 bits per heavy atom. The molecule has 0 saturated heterocycles. The summed E-state index contributed by atoms with van der Waals surface area (Å²) in [6.45, 7) is 7.46. The molecule has 0 aliphatic carbocycles. The molecule has 1 aromatic heterocycles. The first-order chi connectivity index (χ1) is 10.1. The van der Waals surface area contributed by atoms with Gasteiger partial charge in [-0.1, -0.05) is 11.6 Å². The van der Waals surface area contributed by atoms with Crippen LogP contribution < -0.4 is 10.3 Å². The van der Waals surface area contributed by atoms with Crippen LogP contribution in [0, 0.1) is 0 Å². The van der Waals surface area contributed by atoms with E-state index < -0.39 is 15.7 Å².